The molecule has 7 nitrogen and oxygen atoms in total. The molecule has 2 heterocycles. The van der Waals surface area contributed by atoms with E-state index in [2.05, 4.69) is 4.72 Å². The van der Waals surface area contributed by atoms with Crippen molar-refractivity contribution >= 4 is 33.0 Å². The van der Waals surface area contributed by atoms with Gasteiger partial charge in [0.15, 0.2) is 11.5 Å². The van der Waals surface area contributed by atoms with Gasteiger partial charge in [-0.1, -0.05) is 0 Å². The zero-order valence-corrected chi connectivity index (χ0v) is 19.5. The number of thiophene rings is 1. The molecule has 1 aliphatic heterocycles. The molecular formula is C23H24N2O5S2. The van der Waals surface area contributed by atoms with Crippen LogP contribution >= 0.6 is 11.3 Å². The van der Waals surface area contributed by atoms with Crippen molar-refractivity contribution in [3.8, 4) is 11.5 Å². The van der Waals surface area contributed by atoms with Gasteiger partial charge >= 0.3 is 0 Å². The Bertz CT molecular complexity index is 1220. The number of benzene rings is 2. The topological polar surface area (TPSA) is 84.9 Å². The van der Waals surface area contributed by atoms with E-state index < -0.39 is 10.0 Å². The summed E-state index contributed by atoms with van der Waals surface area (Å²) in [4.78, 5) is 15.6. The summed E-state index contributed by atoms with van der Waals surface area (Å²) < 4.78 is 39.3. The summed E-state index contributed by atoms with van der Waals surface area (Å²) in [6.45, 7) is 3.56. The van der Waals surface area contributed by atoms with Crippen molar-refractivity contribution in [3.63, 3.8) is 0 Å². The number of fused-ring (bicyclic) bond motifs is 1. The number of nitrogens with one attached hydrogen (secondary N) is 1. The summed E-state index contributed by atoms with van der Waals surface area (Å²) in [6.07, 6.45) is 0.738. The van der Waals surface area contributed by atoms with Crippen molar-refractivity contribution in [2.24, 2.45) is 0 Å². The van der Waals surface area contributed by atoms with Crippen LogP contribution in [0.5, 0.6) is 11.5 Å². The van der Waals surface area contributed by atoms with E-state index in [0.29, 0.717) is 42.5 Å². The average molecular weight is 473 g/mol. The Morgan fingerprint density at radius 1 is 1.06 bits per heavy atom. The van der Waals surface area contributed by atoms with Crippen LogP contribution in [0.4, 0.5) is 5.69 Å². The molecule has 0 fully saturated rings. The lowest BCUT2D eigenvalue weighted by molar-refractivity contribution is 0.0786. The van der Waals surface area contributed by atoms with Crippen LogP contribution in [0.1, 0.15) is 27.2 Å². The van der Waals surface area contributed by atoms with E-state index in [9.17, 15) is 13.2 Å². The summed E-state index contributed by atoms with van der Waals surface area (Å²) >= 11 is 1.62. The molecule has 0 saturated heterocycles. The van der Waals surface area contributed by atoms with E-state index in [1.165, 1.54) is 12.1 Å². The molecule has 9 heteroatoms. The molecule has 0 aliphatic carbocycles. The number of carbonyl (C=O) groups excluding carboxylic acids is 1. The van der Waals surface area contributed by atoms with Crippen LogP contribution in [-0.2, 0) is 16.6 Å². The predicted octanol–water partition coefficient (Wildman–Crippen LogP) is 4.29. The highest BCUT2D eigenvalue weighted by molar-refractivity contribution is 7.92. The van der Waals surface area contributed by atoms with Crippen molar-refractivity contribution in [1.82, 2.24) is 4.90 Å². The molecule has 0 spiro atoms. The first kappa shape index (κ1) is 22.2. The van der Waals surface area contributed by atoms with E-state index in [1.807, 2.05) is 18.4 Å². The van der Waals surface area contributed by atoms with Crippen molar-refractivity contribution in [2.75, 3.05) is 25.0 Å². The SMILES string of the molecule is Cc1ccsc1CN(C)C(=O)c1ccc(NS(=O)(=O)c2ccc3c(c2)OCCCO3)cc1. The van der Waals surface area contributed by atoms with Gasteiger partial charge in [0.1, 0.15) is 0 Å². The minimum atomic E-state index is -3.83. The number of rotatable bonds is 6. The molecular weight excluding hydrogens is 448 g/mol. The third-order valence-electron chi connectivity index (χ3n) is 5.11. The quantitative estimate of drug-likeness (QED) is 0.579. The molecule has 1 N–H and O–H groups in total. The number of nitrogens with zero attached hydrogens (tertiary/aromatic N) is 1. The first-order chi connectivity index (χ1) is 15.3. The fourth-order valence-electron chi connectivity index (χ4n) is 3.28. The van der Waals surface area contributed by atoms with E-state index >= 15 is 0 Å². The van der Waals surface area contributed by atoms with Crippen LogP contribution < -0.4 is 14.2 Å². The number of hydrogen-bond donors (Lipinski definition) is 1. The largest absolute Gasteiger partial charge is 0.490 e. The number of sulfonamides is 1. The maximum Gasteiger partial charge on any atom is 0.262 e. The lowest BCUT2D eigenvalue weighted by Gasteiger charge is -2.17. The van der Waals surface area contributed by atoms with Gasteiger partial charge in [-0.2, -0.15) is 0 Å². The molecule has 1 amide bonds. The first-order valence-electron chi connectivity index (χ1n) is 10.1. The smallest absolute Gasteiger partial charge is 0.262 e. The maximum absolute atomic E-state index is 12.8. The van der Waals surface area contributed by atoms with Crippen LogP contribution in [-0.4, -0.2) is 39.5 Å². The van der Waals surface area contributed by atoms with E-state index in [-0.39, 0.29) is 10.8 Å². The number of carbonyl (C=O) groups is 1. The van der Waals surface area contributed by atoms with Crippen LogP contribution in [0.2, 0.25) is 0 Å². The summed E-state index contributed by atoms with van der Waals surface area (Å²) in [5.74, 6) is 0.816. The highest BCUT2D eigenvalue weighted by atomic mass is 32.2. The lowest BCUT2D eigenvalue weighted by atomic mass is 10.2. The molecule has 2 aromatic carbocycles. The number of aryl methyl sites for hydroxylation is 1. The monoisotopic (exact) mass is 472 g/mol. The van der Waals surface area contributed by atoms with Crippen LogP contribution in [0.3, 0.4) is 0 Å². The van der Waals surface area contributed by atoms with Gasteiger partial charge in [-0.15, -0.1) is 11.3 Å². The molecule has 0 unspecified atom stereocenters. The molecule has 0 radical (unpaired) electrons. The van der Waals surface area contributed by atoms with Crippen LogP contribution in [0.15, 0.2) is 58.8 Å². The van der Waals surface area contributed by atoms with Crippen molar-refractivity contribution in [2.45, 2.75) is 24.8 Å². The molecule has 0 atom stereocenters. The summed E-state index contributed by atoms with van der Waals surface area (Å²) in [7, 11) is -2.07. The molecule has 4 rings (SSSR count). The Hall–Kier alpha value is -3.04. The minimum absolute atomic E-state index is 0.0768. The molecule has 0 bridgehead atoms. The van der Waals surface area contributed by atoms with Crippen molar-refractivity contribution in [1.29, 1.82) is 0 Å². The van der Waals surface area contributed by atoms with Gasteiger partial charge in [-0.3, -0.25) is 9.52 Å². The lowest BCUT2D eigenvalue weighted by Crippen LogP contribution is -2.26. The zero-order valence-electron chi connectivity index (χ0n) is 17.8. The molecule has 32 heavy (non-hydrogen) atoms. The minimum Gasteiger partial charge on any atom is -0.490 e. The fourth-order valence-corrected chi connectivity index (χ4v) is 5.31. The third kappa shape index (κ3) is 4.89. The van der Waals surface area contributed by atoms with E-state index in [1.54, 1.807) is 53.6 Å². The third-order valence-corrected chi connectivity index (χ3v) is 7.50. The number of hydrogen-bond acceptors (Lipinski definition) is 6. The zero-order chi connectivity index (χ0) is 22.7. The Balaban J connectivity index is 1.45. The molecule has 1 aromatic heterocycles. The molecule has 1 aliphatic rings. The fraction of sp³-hybridized carbons (Fsp3) is 0.261. The van der Waals surface area contributed by atoms with E-state index in [4.69, 9.17) is 9.47 Å². The van der Waals surface area contributed by atoms with Crippen LogP contribution in [0.25, 0.3) is 0 Å². The van der Waals surface area contributed by atoms with Gasteiger partial charge in [0, 0.05) is 35.7 Å². The standard InChI is InChI=1S/C23H24N2O5S2/c1-16-10-13-31-22(16)15-25(2)23(26)17-4-6-18(7-5-17)24-32(27,28)19-8-9-20-21(14-19)30-12-3-11-29-20/h4-10,13-14,24H,3,11-12,15H2,1-2H3. The Kier molecular flexibility index (Phi) is 6.38. The van der Waals surface area contributed by atoms with Gasteiger partial charge < -0.3 is 14.4 Å². The van der Waals surface area contributed by atoms with Gasteiger partial charge in [-0.05, 0) is 60.3 Å². The number of ether oxygens (including phenoxy) is 2. The normalized spacial score (nSPS) is 13.3. The number of amides is 1. The summed E-state index contributed by atoms with van der Waals surface area (Å²) in [6, 6.07) is 13.0. The van der Waals surface area contributed by atoms with E-state index in [0.717, 1.165) is 16.9 Å². The highest BCUT2D eigenvalue weighted by Crippen LogP contribution is 2.32. The predicted molar refractivity (Wildman–Crippen MR) is 124 cm³/mol. The Morgan fingerprint density at radius 2 is 1.78 bits per heavy atom. The molecule has 168 valence electrons. The van der Waals surface area contributed by atoms with Crippen molar-refractivity contribution < 1.29 is 22.7 Å². The number of anilines is 1. The second-order valence-corrected chi connectivity index (χ2v) is 10.2. The van der Waals surface area contributed by atoms with Gasteiger partial charge in [-0.25, -0.2) is 8.42 Å². The highest BCUT2D eigenvalue weighted by Gasteiger charge is 2.20. The van der Waals surface area contributed by atoms with Gasteiger partial charge in [0.05, 0.1) is 24.7 Å². The molecule has 3 aromatic rings. The maximum atomic E-state index is 12.8. The van der Waals surface area contributed by atoms with Crippen molar-refractivity contribution in [3.05, 3.63) is 69.9 Å². The first-order valence-corrected chi connectivity index (χ1v) is 12.5. The summed E-state index contributed by atoms with van der Waals surface area (Å²) in [5, 5.41) is 2.01. The van der Waals surface area contributed by atoms with Crippen LogP contribution in [0, 0.1) is 6.92 Å². The second-order valence-electron chi connectivity index (χ2n) is 7.53. The Morgan fingerprint density at radius 3 is 2.47 bits per heavy atom. The Labute approximate surface area is 191 Å². The average Bonchev–Trinajstić information content (AvgIpc) is 3.03. The van der Waals surface area contributed by atoms with Gasteiger partial charge in [0.2, 0.25) is 0 Å². The molecule has 0 saturated carbocycles. The van der Waals surface area contributed by atoms with Gasteiger partial charge in [0.25, 0.3) is 15.9 Å². The summed E-state index contributed by atoms with van der Waals surface area (Å²) in [5.41, 5.74) is 2.01. The second kappa shape index (κ2) is 9.22.